The number of hydrogen-bond donors (Lipinski definition) is 2. The first-order valence-electron chi connectivity index (χ1n) is 34.0. The number of aliphatic hydroxyl groups excluding tert-OH is 2. The minimum absolute atomic E-state index is 0.0212. The quantitative estimate of drug-likeness (QED) is 0.257. The zero-order valence-electron chi connectivity index (χ0n) is 52.7. The lowest BCUT2D eigenvalue weighted by molar-refractivity contribution is -0.227. The molecule has 16 rings (SSSR count). The second kappa shape index (κ2) is 20.7. The van der Waals surface area contributed by atoms with Crippen molar-refractivity contribution in [2.24, 2.45) is 104 Å². The van der Waals surface area contributed by atoms with E-state index in [0.717, 1.165) is 109 Å². The Hall–Kier alpha value is -2.17. The summed E-state index contributed by atoms with van der Waals surface area (Å²) in [7, 11) is 0. The molecule has 466 valence electrons. The highest BCUT2D eigenvalue weighted by atomic mass is 16.8. The summed E-state index contributed by atoms with van der Waals surface area (Å²) >= 11 is 0. The van der Waals surface area contributed by atoms with Gasteiger partial charge in [0.1, 0.15) is 11.6 Å². The van der Waals surface area contributed by atoms with Crippen LogP contribution in [0, 0.1) is 104 Å². The van der Waals surface area contributed by atoms with Gasteiger partial charge in [0.25, 0.3) is 0 Å². The third-order valence-electron chi connectivity index (χ3n) is 28.8. The highest BCUT2D eigenvalue weighted by Gasteiger charge is 2.69. The van der Waals surface area contributed by atoms with E-state index in [9.17, 15) is 24.6 Å². The smallest absolute Gasteiger partial charge is 0.172 e. The average molecular weight is 1170 g/mol. The molecule has 4 heterocycles. The monoisotopic (exact) mass is 1160 g/mol. The number of rotatable bonds is 3. The molecule has 0 bridgehead atoms. The average Bonchev–Trinajstić information content (AvgIpc) is 1.40. The Morgan fingerprint density at radius 3 is 1.52 bits per heavy atom. The lowest BCUT2D eigenvalue weighted by atomic mass is 9.46. The summed E-state index contributed by atoms with van der Waals surface area (Å²) in [5.41, 5.74) is 4.20. The molecule has 0 aromatic rings. The number of ketones is 3. The number of hydrogen-bond acceptors (Lipinski definition) is 13. The minimum atomic E-state index is -0.523. The third-order valence-corrected chi connectivity index (χ3v) is 28.8. The topological polar surface area (TPSA) is 166 Å². The van der Waals surface area contributed by atoms with Gasteiger partial charge in [-0.05, 0) is 203 Å². The summed E-state index contributed by atoms with van der Waals surface area (Å²) < 4.78 is 48.6. The van der Waals surface area contributed by atoms with Gasteiger partial charge in [0.15, 0.2) is 28.9 Å². The number of aliphatic hydroxyl groups is 2. The number of allylic oxidation sites excluding steroid dienone is 3. The zero-order valence-corrected chi connectivity index (χ0v) is 52.7. The van der Waals surface area contributed by atoms with Gasteiger partial charge in [-0.15, -0.1) is 0 Å². The Bertz CT molecular complexity index is 2710. The molecule has 13 fully saturated rings. The predicted molar refractivity (Wildman–Crippen MR) is 314 cm³/mol. The van der Waals surface area contributed by atoms with Gasteiger partial charge in [0, 0.05) is 62.2 Å². The van der Waals surface area contributed by atoms with E-state index in [-0.39, 0.29) is 68.2 Å². The predicted octanol–water partition coefficient (Wildman–Crippen LogP) is 12.0. The Labute approximate surface area is 501 Å². The van der Waals surface area contributed by atoms with E-state index in [2.05, 4.69) is 67.5 Å². The standard InChI is InChI=1S/C25H38O5.C25H36O5.C21H30O3/c2*1-22-8-9-25(29-12-13-30-25)14-16(22)4-5-17-18-6-7-20(24(3)27-10-11-28-24)23(18,2)15-19(26)21(17)22;1-12(22)16-6-7-17-15-5-4-13-10-14(23)8-9-20(13,2)19(15)18(24)11-21(16,17)3/h4,17-21,26H,5-15H2,1-3H3;4,17-18,20-21H,5-15H2,1-3H3;10,15-19,24H,4-9,11H2,1-3H3/t17?,18?,19-,20-,21?,22-,23-;17?,18?,20-,21?,22-,23-;15?,16-,17?,18+,19?,20+,21-/m001/s1. The lowest BCUT2D eigenvalue weighted by Gasteiger charge is -2.61. The van der Waals surface area contributed by atoms with E-state index >= 15 is 0 Å². The lowest BCUT2D eigenvalue weighted by Crippen LogP contribution is -2.59. The van der Waals surface area contributed by atoms with Crippen LogP contribution in [0.3, 0.4) is 0 Å². The Kier molecular flexibility index (Phi) is 14.6. The van der Waals surface area contributed by atoms with E-state index in [1.54, 1.807) is 6.92 Å². The largest absolute Gasteiger partial charge is 0.393 e. The third kappa shape index (κ3) is 8.84. The molecule has 16 aliphatic rings. The summed E-state index contributed by atoms with van der Waals surface area (Å²) in [5, 5.41) is 22.8. The maximum atomic E-state index is 13.8. The normalized spacial score (nSPS) is 50.2. The summed E-state index contributed by atoms with van der Waals surface area (Å²) in [4.78, 5) is 37.9. The molecule has 4 aliphatic heterocycles. The van der Waals surface area contributed by atoms with Crippen LogP contribution in [0.1, 0.15) is 197 Å². The van der Waals surface area contributed by atoms with Gasteiger partial charge in [-0.2, -0.15) is 0 Å². The van der Waals surface area contributed by atoms with Crippen molar-refractivity contribution in [1.82, 2.24) is 0 Å². The fraction of sp³-hybridized carbons (Fsp3) is 0.873. The van der Waals surface area contributed by atoms with Crippen molar-refractivity contribution >= 4 is 17.3 Å². The molecular formula is C71H104O13. The zero-order chi connectivity index (χ0) is 58.8. The van der Waals surface area contributed by atoms with Gasteiger partial charge in [-0.25, -0.2) is 0 Å². The molecule has 4 saturated heterocycles. The van der Waals surface area contributed by atoms with Gasteiger partial charge >= 0.3 is 0 Å². The van der Waals surface area contributed by atoms with Gasteiger partial charge in [-0.3, -0.25) is 14.4 Å². The molecule has 20 atom stereocenters. The van der Waals surface area contributed by atoms with Crippen LogP contribution in [0.15, 0.2) is 34.9 Å². The summed E-state index contributed by atoms with van der Waals surface area (Å²) in [6.45, 7) is 25.6. The van der Waals surface area contributed by atoms with Crippen molar-refractivity contribution in [3.63, 3.8) is 0 Å². The molecule has 12 aliphatic carbocycles. The molecule has 0 radical (unpaired) electrons. The van der Waals surface area contributed by atoms with Crippen molar-refractivity contribution in [3.8, 4) is 0 Å². The van der Waals surface area contributed by atoms with Crippen LogP contribution in [0.4, 0.5) is 0 Å². The number of Topliss-reactive ketones (excluding diaryl/α,β-unsaturated/α-hetero) is 2. The Morgan fingerprint density at radius 1 is 0.476 bits per heavy atom. The van der Waals surface area contributed by atoms with Crippen molar-refractivity contribution in [2.45, 2.75) is 233 Å². The van der Waals surface area contributed by atoms with Gasteiger partial charge in [0.2, 0.25) is 0 Å². The number of carbonyl (C=O) groups is 3. The molecule has 13 nitrogen and oxygen atoms in total. The Morgan fingerprint density at radius 2 is 0.940 bits per heavy atom. The Balaban J connectivity index is 0.000000113. The molecule has 0 aromatic carbocycles. The first-order chi connectivity index (χ1) is 39.9. The molecule has 0 aromatic heterocycles. The van der Waals surface area contributed by atoms with Crippen LogP contribution in [-0.2, 0) is 52.3 Å². The molecule has 9 unspecified atom stereocenters. The highest BCUT2D eigenvalue weighted by Crippen LogP contribution is 2.72. The van der Waals surface area contributed by atoms with Gasteiger partial charge < -0.3 is 48.1 Å². The molecule has 9 saturated carbocycles. The summed E-state index contributed by atoms with van der Waals surface area (Å²) in [6.07, 6.45) is 26.6. The second-order valence-corrected chi connectivity index (χ2v) is 32.4. The minimum Gasteiger partial charge on any atom is -0.393 e. The summed E-state index contributed by atoms with van der Waals surface area (Å²) in [5.74, 6) is 3.98. The second-order valence-electron chi connectivity index (χ2n) is 32.4. The fourth-order valence-electron chi connectivity index (χ4n) is 25.2. The highest BCUT2D eigenvalue weighted by molar-refractivity contribution is 5.91. The molecule has 2 spiro atoms. The van der Waals surface area contributed by atoms with Crippen molar-refractivity contribution in [3.05, 3.63) is 34.9 Å². The van der Waals surface area contributed by atoms with E-state index in [1.165, 1.54) is 29.6 Å². The number of ether oxygens (including phenoxy) is 8. The van der Waals surface area contributed by atoms with E-state index < -0.39 is 23.1 Å². The van der Waals surface area contributed by atoms with Crippen molar-refractivity contribution in [1.29, 1.82) is 0 Å². The van der Waals surface area contributed by atoms with Crippen molar-refractivity contribution in [2.75, 3.05) is 52.9 Å². The first kappa shape index (κ1) is 59.5. The molecule has 0 amide bonds. The van der Waals surface area contributed by atoms with Crippen LogP contribution < -0.4 is 0 Å². The van der Waals surface area contributed by atoms with Crippen LogP contribution in [-0.4, -0.2) is 116 Å². The van der Waals surface area contributed by atoms with E-state index in [0.29, 0.717) is 131 Å². The SMILES string of the molecule is CC(=O)[C@H]1CCC2C3CCC4=CC(=O)CC[C@]4(C)C3[C@@H](O)C[C@@]21C.CC1([C@H]2CCC3C4CC=C5CC6(CC[C@]5(C)C4C(=O)C[C@@]32C)OCCO6)OCCO1.CC1([C@H]2CCC3C4CC=C5CC6(CC[C@]5(C)C4[C@@H](O)C[C@@]32C)OCCO6)OCCO1. The molecule has 84 heavy (non-hydrogen) atoms. The van der Waals surface area contributed by atoms with Crippen LogP contribution in [0.25, 0.3) is 0 Å². The summed E-state index contributed by atoms with van der Waals surface area (Å²) in [6, 6.07) is 0. The van der Waals surface area contributed by atoms with Crippen LogP contribution >= 0.6 is 0 Å². The van der Waals surface area contributed by atoms with Crippen LogP contribution in [0.2, 0.25) is 0 Å². The number of fused-ring (bicyclic) bond motifs is 15. The fourth-order valence-corrected chi connectivity index (χ4v) is 25.2. The van der Waals surface area contributed by atoms with Gasteiger partial charge in [0.05, 0.1) is 65.1 Å². The maximum absolute atomic E-state index is 13.8. The van der Waals surface area contributed by atoms with Crippen LogP contribution in [0.5, 0.6) is 0 Å². The number of carbonyl (C=O) groups excluding carboxylic acids is 3. The van der Waals surface area contributed by atoms with Crippen molar-refractivity contribution < 1.29 is 62.5 Å². The van der Waals surface area contributed by atoms with E-state index in [1.807, 2.05) is 6.08 Å². The first-order valence-corrected chi connectivity index (χ1v) is 34.0. The molecular weight excluding hydrogens is 1060 g/mol. The molecule has 2 N–H and O–H groups in total. The molecule has 13 heteroatoms. The maximum Gasteiger partial charge on any atom is 0.172 e. The van der Waals surface area contributed by atoms with Gasteiger partial charge in [-0.1, -0.05) is 70.4 Å². The van der Waals surface area contributed by atoms with E-state index in [4.69, 9.17) is 37.9 Å².